The van der Waals surface area contributed by atoms with Gasteiger partial charge in [0.2, 0.25) is 5.91 Å². The molecule has 0 spiro atoms. The number of carbonyl (C=O) groups excluding carboxylic acids is 1. The smallest absolute Gasteiger partial charge is 0.280 e. The molecule has 0 saturated heterocycles. The number of hydrogen-bond acceptors (Lipinski definition) is 2. The van der Waals surface area contributed by atoms with Gasteiger partial charge in [0.05, 0.1) is 15.7 Å². The first-order chi connectivity index (χ1) is 9.86. The highest BCUT2D eigenvalue weighted by Crippen LogP contribution is 2.25. The largest absolute Gasteiger partial charge is 0.324 e. The molecule has 1 N–H and O–H groups in total. The predicted molar refractivity (Wildman–Crippen MR) is 77.0 cm³/mol. The molecule has 0 radical (unpaired) electrons. The fourth-order valence-corrected chi connectivity index (χ4v) is 2.08. The lowest BCUT2D eigenvalue weighted by atomic mass is 10.3. The normalized spacial score (nSPS) is 11.0. The summed E-state index contributed by atoms with van der Waals surface area (Å²) in [6, 6.07) is 5.82. The summed E-state index contributed by atoms with van der Waals surface area (Å²) in [6.45, 7) is 1.27. The lowest BCUT2D eigenvalue weighted by molar-refractivity contribution is -0.117. The number of aryl methyl sites for hydroxylation is 1. The van der Waals surface area contributed by atoms with Crippen molar-refractivity contribution in [2.75, 3.05) is 5.32 Å². The van der Waals surface area contributed by atoms with Crippen LogP contribution in [0.1, 0.15) is 17.8 Å². The highest BCUT2D eigenvalue weighted by atomic mass is 35.5. The van der Waals surface area contributed by atoms with Gasteiger partial charge in [0.25, 0.3) is 6.43 Å². The second-order valence-corrected chi connectivity index (χ2v) is 5.16. The van der Waals surface area contributed by atoms with Crippen LogP contribution >= 0.6 is 23.2 Å². The lowest BCUT2D eigenvalue weighted by Crippen LogP contribution is -2.21. The van der Waals surface area contributed by atoms with Crippen molar-refractivity contribution in [3.8, 4) is 0 Å². The zero-order chi connectivity index (χ0) is 15.6. The molecule has 0 aliphatic carbocycles. The van der Waals surface area contributed by atoms with Crippen molar-refractivity contribution in [1.29, 1.82) is 0 Å². The third-order valence-electron chi connectivity index (χ3n) is 2.65. The van der Waals surface area contributed by atoms with Crippen LogP contribution in [0.3, 0.4) is 0 Å². The summed E-state index contributed by atoms with van der Waals surface area (Å²) in [5.74, 6) is -0.488. The molecule has 1 aromatic heterocycles. The van der Waals surface area contributed by atoms with Gasteiger partial charge in [-0.25, -0.2) is 8.78 Å². The Morgan fingerprint density at radius 1 is 1.33 bits per heavy atom. The molecule has 1 heterocycles. The van der Waals surface area contributed by atoms with Gasteiger partial charge < -0.3 is 5.32 Å². The molecule has 1 amide bonds. The van der Waals surface area contributed by atoms with E-state index >= 15 is 0 Å². The van der Waals surface area contributed by atoms with Gasteiger partial charge >= 0.3 is 0 Å². The number of halogens is 4. The van der Waals surface area contributed by atoms with Gasteiger partial charge in [-0.3, -0.25) is 9.48 Å². The average molecular weight is 334 g/mol. The zero-order valence-corrected chi connectivity index (χ0v) is 12.4. The molecule has 21 heavy (non-hydrogen) atoms. The first-order valence-corrected chi connectivity index (χ1v) is 6.70. The number of hydrogen-bond donors (Lipinski definition) is 1. The minimum atomic E-state index is -2.69. The molecule has 112 valence electrons. The van der Waals surface area contributed by atoms with E-state index in [4.69, 9.17) is 23.2 Å². The summed E-state index contributed by atoms with van der Waals surface area (Å²) in [4.78, 5) is 11.9. The molecule has 0 bridgehead atoms. The first kappa shape index (κ1) is 15.7. The number of amides is 1. The number of nitrogens with zero attached hydrogens (tertiary/aromatic N) is 2. The monoisotopic (exact) mass is 333 g/mol. The minimum Gasteiger partial charge on any atom is -0.324 e. The number of benzene rings is 1. The maximum Gasteiger partial charge on any atom is 0.280 e. The quantitative estimate of drug-likeness (QED) is 0.916. The molecule has 8 heteroatoms. The van der Waals surface area contributed by atoms with Crippen LogP contribution in [0.4, 0.5) is 14.5 Å². The first-order valence-electron chi connectivity index (χ1n) is 5.94. The maximum absolute atomic E-state index is 12.8. The van der Waals surface area contributed by atoms with Crippen molar-refractivity contribution in [1.82, 2.24) is 9.78 Å². The van der Waals surface area contributed by atoms with Crippen LogP contribution in [0.2, 0.25) is 10.0 Å². The van der Waals surface area contributed by atoms with Gasteiger partial charge in [-0.15, -0.1) is 0 Å². The molecular weight excluding hydrogens is 323 g/mol. The fourth-order valence-electron chi connectivity index (χ4n) is 1.78. The van der Waals surface area contributed by atoms with E-state index in [1.54, 1.807) is 13.0 Å². The Morgan fingerprint density at radius 3 is 2.67 bits per heavy atom. The van der Waals surface area contributed by atoms with E-state index in [0.717, 1.165) is 4.68 Å². The van der Waals surface area contributed by atoms with Crippen LogP contribution in [-0.2, 0) is 11.3 Å². The molecule has 0 saturated carbocycles. The van der Waals surface area contributed by atoms with E-state index in [2.05, 4.69) is 10.4 Å². The Hall–Kier alpha value is -1.66. The molecule has 0 atom stereocenters. The van der Waals surface area contributed by atoms with Crippen molar-refractivity contribution in [3.63, 3.8) is 0 Å². The van der Waals surface area contributed by atoms with Crippen molar-refractivity contribution < 1.29 is 13.6 Å². The van der Waals surface area contributed by atoms with Gasteiger partial charge in [0.1, 0.15) is 12.2 Å². The maximum atomic E-state index is 12.8. The van der Waals surface area contributed by atoms with Crippen molar-refractivity contribution in [2.45, 2.75) is 19.9 Å². The van der Waals surface area contributed by atoms with E-state index in [1.807, 2.05) is 0 Å². The van der Waals surface area contributed by atoms with Crippen LogP contribution in [0.5, 0.6) is 0 Å². The second kappa shape index (κ2) is 6.41. The third kappa shape index (κ3) is 3.92. The molecule has 0 fully saturated rings. The summed E-state index contributed by atoms with van der Waals surface area (Å²) in [6.07, 6.45) is -2.69. The van der Waals surface area contributed by atoms with E-state index < -0.39 is 12.3 Å². The van der Waals surface area contributed by atoms with Crippen molar-refractivity contribution >= 4 is 34.8 Å². The van der Waals surface area contributed by atoms with Gasteiger partial charge in [-0.05, 0) is 31.2 Å². The molecule has 0 aliphatic rings. The number of nitrogens with one attached hydrogen (secondary N) is 1. The number of rotatable bonds is 4. The molecule has 2 aromatic rings. The topological polar surface area (TPSA) is 46.9 Å². The van der Waals surface area contributed by atoms with Gasteiger partial charge in [-0.2, -0.15) is 5.10 Å². The lowest BCUT2D eigenvalue weighted by Gasteiger charge is -2.08. The zero-order valence-electron chi connectivity index (χ0n) is 10.9. The second-order valence-electron chi connectivity index (χ2n) is 4.35. The number of alkyl halides is 2. The van der Waals surface area contributed by atoms with E-state index in [9.17, 15) is 13.6 Å². The van der Waals surface area contributed by atoms with E-state index in [-0.39, 0.29) is 17.3 Å². The Labute approximate surface area is 129 Å². The standard InChI is InChI=1S/C13H11Cl2F2N3O/c1-7-4-11(13(16)17)20(19-7)6-12(21)18-8-2-3-9(14)10(15)5-8/h2-5,13H,6H2,1H3,(H,18,21). The molecule has 4 nitrogen and oxygen atoms in total. The number of anilines is 1. The molecule has 0 unspecified atom stereocenters. The van der Waals surface area contributed by atoms with Gasteiger partial charge in [-0.1, -0.05) is 23.2 Å². The Balaban J connectivity index is 2.09. The number of aromatic nitrogens is 2. The van der Waals surface area contributed by atoms with Crippen LogP contribution in [0.25, 0.3) is 0 Å². The predicted octanol–water partition coefficient (Wildman–Crippen LogP) is 4.07. The fraction of sp³-hybridized carbons (Fsp3) is 0.231. The SMILES string of the molecule is Cc1cc(C(F)F)n(CC(=O)Nc2ccc(Cl)c(Cl)c2)n1. The van der Waals surface area contributed by atoms with Crippen molar-refractivity contribution in [3.05, 3.63) is 45.7 Å². The molecule has 0 aliphatic heterocycles. The average Bonchev–Trinajstić information content (AvgIpc) is 2.75. The highest BCUT2D eigenvalue weighted by molar-refractivity contribution is 6.42. The van der Waals surface area contributed by atoms with Crippen LogP contribution in [0, 0.1) is 6.92 Å². The van der Waals surface area contributed by atoms with E-state index in [0.29, 0.717) is 16.4 Å². The summed E-state index contributed by atoms with van der Waals surface area (Å²) in [5, 5.41) is 7.07. The Bertz CT molecular complexity index is 673. The Morgan fingerprint density at radius 2 is 2.05 bits per heavy atom. The van der Waals surface area contributed by atoms with E-state index in [1.165, 1.54) is 18.2 Å². The van der Waals surface area contributed by atoms with Crippen molar-refractivity contribution in [2.24, 2.45) is 0 Å². The Kier molecular flexibility index (Phi) is 4.80. The third-order valence-corrected chi connectivity index (χ3v) is 3.39. The minimum absolute atomic E-state index is 0.290. The summed E-state index contributed by atoms with van der Waals surface area (Å²) < 4.78 is 26.6. The summed E-state index contributed by atoms with van der Waals surface area (Å²) in [7, 11) is 0. The van der Waals surface area contributed by atoms with Crippen LogP contribution in [0.15, 0.2) is 24.3 Å². The number of carbonyl (C=O) groups is 1. The highest BCUT2D eigenvalue weighted by Gasteiger charge is 2.17. The summed E-state index contributed by atoms with van der Waals surface area (Å²) >= 11 is 11.6. The molecule has 1 aromatic carbocycles. The van der Waals surface area contributed by atoms with Gasteiger partial charge in [0.15, 0.2) is 0 Å². The molecular formula is C13H11Cl2F2N3O. The van der Waals surface area contributed by atoms with Gasteiger partial charge in [0, 0.05) is 5.69 Å². The van der Waals surface area contributed by atoms with Crippen LogP contribution < -0.4 is 5.32 Å². The molecule has 2 rings (SSSR count). The summed E-state index contributed by atoms with van der Waals surface area (Å²) in [5.41, 5.74) is 0.557. The van der Waals surface area contributed by atoms with Crippen LogP contribution in [-0.4, -0.2) is 15.7 Å².